The molecule has 0 saturated carbocycles. The van der Waals surface area contributed by atoms with Crippen molar-refractivity contribution in [3.8, 4) is 0 Å². The lowest BCUT2D eigenvalue weighted by molar-refractivity contribution is -0.0179. The number of fused-ring (bicyclic) bond motifs is 1. The third-order valence-corrected chi connectivity index (χ3v) is 9.73. The Bertz CT molecular complexity index is 725. The second-order valence-corrected chi connectivity index (χ2v) is 12.8. The molecular weight excluding hydrogens is 322 g/mol. The molecule has 1 aliphatic heterocycles. The predicted octanol–water partition coefficient (Wildman–Crippen LogP) is 3.11. The molecule has 2 aromatic rings. The molecule has 1 aliphatic rings. The van der Waals surface area contributed by atoms with E-state index in [4.69, 9.17) is 14.9 Å². The standard InChI is InChI=1S/C16H27N5O2Si/c1-16(2,3)24(4,5)22-8-11-6-7-12(23-11)21-10-20-15-13(21)14(17)18-9-19-15/h9-12H,6-8H2,1-5H3,(H2,17,18,19)/t11-,12+/m0/s1. The monoisotopic (exact) mass is 349 g/mol. The molecule has 1 fully saturated rings. The Morgan fingerprint density at radius 1 is 1.29 bits per heavy atom. The van der Waals surface area contributed by atoms with E-state index in [9.17, 15) is 0 Å². The molecule has 24 heavy (non-hydrogen) atoms. The van der Waals surface area contributed by atoms with Crippen molar-refractivity contribution in [3.63, 3.8) is 0 Å². The normalized spacial score (nSPS) is 22.4. The van der Waals surface area contributed by atoms with Crippen LogP contribution < -0.4 is 5.73 Å². The van der Waals surface area contributed by atoms with Crippen molar-refractivity contribution < 1.29 is 9.16 Å². The van der Waals surface area contributed by atoms with Crippen LogP contribution in [0.1, 0.15) is 39.8 Å². The number of nitrogens with two attached hydrogens (primary N) is 1. The number of rotatable bonds is 4. The summed E-state index contributed by atoms with van der Waals surface area (Å²) < 4.78 is 14.4. The van der Waals surface area contributed by atoms with Gasteiger partial charge in [0.1, 0.15) is 18.1 Å². The van der Waals surface area contributed by atoms with Crippen LogP contribution in [0.15, 0.2) is 12.7 Å². The van der Waals surface area contributed by atoms with E-state index >= 15 is 0 Å². The molecule has 3 rings (SSSR count). The van der Waals surface area contributed by atoms with Crippen LogP contribution in [-0.2, 0) is 9.16 Å². The third kappa shape index (κ3) is 3.18. The van der Waals surface area contributed by atoms with Gasteiger partial charge in [-0.15, -0.1) is 0 Å². The number of aromatic nitrogens is 4. The van der Waals surface area contributed by atoms with Crippen molar-refractivity contribution in [2.45, 2.75) is 64.1 Å². The Hall–Kier alpha value is -1.51. The third-order valence-electron chi connectivity index (χ3n) is 5.23. The number of hydrogen-bond donors (Lipinski definition) is 1. The van der Waals surface area contributed by atoms with Crippen LogP contribution in [0, 0.1) is 0 Å². The summed E-state index contributed by atoms with van der Waals surface area (Å²) in [5.41, 5.74) is 7.33. The van der Waals surface area contributed by atoms with Crippen LogP contribution in [0.25, 0.3) is 11.2 Å². The number of hydrogen-bond acceptors (Lipinski definition) is 6. The predicted molar refractivity (Wildman–Crippen MR) is 96.0 cm³/mol. The van der Waals surface area contributed by atoms with Gasteiger partial charge in [-0.25, -0.2) is 15.0 Å². The molecule has 2 atom stereocenters. The fourth-order valence-electron chi connectivity index (χ4n) is 2.65. The molecule has 1 saturated heterocycles. The number of nitrogen functional groups attached to an aromatic ring is 1. The van der Waals surface area contributed by atoms with Crippen LogP contribution in [-0.4, -0.2) is 40.5 Å². The zero-order valence-corrected chi connectivity index (χ0v) is 16.1. The molecule has 0 radical (unpaired) electrons. The highest BCUT2D eigenvalue weighted by Crippen LogP contribution is 2.38. The van der Waals surface area contributed by atoms with E-state index in [0.29, 0.717) is 18.1 Å². The van der Waals surface area contributed by atoms with Crippen LogP contribution >= 0.6 is 0 Å². The molecule has 2 aromatic heterocycles. The molecule has 3 heterocycles. The van der Waals surface area contributed by atoms with E-state index in [0.717, 1.165) is 18.4 Å². The van der Waals surface area contributed by atoms with Crippen LogP contribution in [0.5, 0.6) is 0 Å². The molecule has 0 amide bonds. The molecular formula is C16H27N5O2Si. The van der Waals surface area contributed by atoms with E-state index in [2.05, 4.69) is 48.8 Å². The average Bonchev–Trinajstić information content (AvgIpc) is 3.11. The fourth-order valence-corrected chi connectivity index (χ4v) is 3.69. The second-order valence-electron chi connectivity index (χ2n) is 7.94. The first-order valence-corrected chi connectivity index (χ1v) is 11.3. The summed E-state index contributed by atoms with van der Waals surface area (Å²) in [6, 6.07) is 0. The van der Waals surface area contributed by atoms with E-state index in [1.54, 1.807) is 6.33 Å². The van der Waals surface area contributed by atoms with E-state index in [-0.39, 0.29) is 17.4 Å². The number of imidazole rings is 1. The first-order valence-electron chi connectivity index (χ1n) is 8.41. The Morgan fingerprint density at radius 3 is 2.75 bits per heavy atom. The molecule has 0 aromatic carbocycles. The first-order chi connectivity index (χ1) is 11.2. The van der Waals surface area contributed by atoms with Gasteiger partial charge in [0.05, 0.1) is 19.0 Å². The van der Waals surface area contributed by atoms with E-state index in [1.165, 1.54) is 6.33 Å². The van der Waals surface area contributed by atoms with E-state index < -0.39 is 8.32 Å². The van der Waals surface area contributed by atoms with Crippen molar-refractivity contribution in [1.29, 1.82) is 0 Å². The lowest BCUT2D eigenvalue weighted by atomic mass is 10.2. The Morgan fingerprint density at radius 2 is 2.04 bits per heavy atom. The molecule has 132 valence electrons. The zero-order valence-electron chi connectivity index (χ0n) is 15.1. The summed E-state index contributed by atoms with van der Waals surface area (Å²) in [7, 11) is -1.75. The fraction of sp³-hybridized carbons (Fsp3) is 0.688. The van der Waals surface area contributed by atoms with Crippen LogP contribution in [0.4, 0.5) is 5.82 Å². The molecule has 0 unspecified atom stereocenters. The van der Waals surface area contributed by atoms with Crippen molar-refractivity contribution in [2.24, 2.45) is 0 Å². The number of nitrogens with zero attached hydrogens (tertiary/aromatic N) is 4. The summed E-state index contributed by atoms with van der Waals surface area (Å²) >= 11 is 0. The SMILES string of the molecule is CC(C)(C)[Si](C)(C)OC[C@@H]1CC[C@H](n2cnc3ncnc(N)c32)O1. The van der Waals surface area contributed by atoms with Crippen molar-refractivity contribution >= 4 is 25.3 Å². The maximum atomic E-state index is 6.29. The highest BCUT2D eigenvalue weighted by atomic mass is 28.4. The summed E-state index contributed by atoms with van der Waals surface area (Å²) in [5, 5.41) is 0.206. The largest absolute Gasteiger partial charge is 0.414 e. The molecule has 0 bridgehead atoms. The smallest absolute Gasteiger partial charge is 0.192 e. The molecule has 0 aliphatic carbocycles. The molecule has 7 nitrogen and oxygen atoms in total. The lowest BCUT2D eigenvalue weighted by Gasteiger charge is -2.36. The van der Waals surface area contributed by atoms with Gasteiger partial charge in [-0.2, -0.15) is 0 Å². The summed E-state index contributed by atoms with van der Waals surface area (Å²) in [4.78, 5) is 12.5. The minimum Gasteiger partial charge on any atom is -0.414 e. The maximum Gasteiger partial charge on any atom is 0.192 e. The van der Waals surface area contributed by atoms with E-state index in [1.807, 2.05) is 4.57 Å². The Kier molecular flexibility index (Phi) is 4.39. The molecule has 8 heteroatoms. The minimum atomic E-state index is -1.75. The average molecular weight is 350 g/mol. The lowest BCUT2D eigenvalue weighted by Crippen LogP contribution is -2.42. The number of ether oxygens (including phenoxy) is 1. The quantitative estimate of drug-likeness (QED) is 0.853. The zero-order chi connectivity index (χ0) is 17.5. The van der Waals surface area contributed by atoms with Gasteiger partial charge in [-0.05, 0) is 31.0 Å². The van der Waals surface area contributed by atoms with Crippen molar-refractivity contribution in [1.82, 2.24) is 19.5 Å². The Balaban J connectivity index is 1.67. The maximum absolute atomic E-state index is 6.29. The van der Waals surface area contributed by atoms with Crippen molar-refractivity contribution in [3.05, 3.63) is 12.7 Å². The first kappa shape index (κ1) is 17.3. The Labute approximate surface area is 143 Å². The highest BCUT2D eigenvalue weighted by Gasteiger charge is 2.38. The topological polar surface area (TPSA) is 88.1 Å². The highest BCUT2D eigenvalue weighted by molar-refractivity contribution is 6.74. The van der Waals surface area contributed by atoms with Gasteiger partial charge >= 0.3 is 0 Å². The number of anilines is 1. The second kappa shape index (κ2) is 6.09. The minimum absolute atomic E-state index is 0.0867. The summed E-state index contributed by atoms with van der Waals surface area (Å²) in [6.07, 6.45) is 5.05. The van der Waals surface area contributed by atoms with Crippen molar-refractivity contribution in [2.75, 3.05) is 12.3 Å². The molecule has 2 N–H and O–H groups in total. The van der Waals surface area contributed by atoms with Gasteiger partial charge in [0, 0.05) is 0 Å². The summed E-state index contributed by atoms with van der Waals surface area (Å²) in [5.74, 6) is 0.432. The van der Waals surface area contributed by atoms with Crippen LogP contribution in [0.3, 0.4) is 0 Å². The van der Waals surface area contributed by atoms with Gasteiger partial charge in [-0.3, -0.25) is 4.57 Å². The van der Waals surface area contributed by atoms with Gasteiger partial charge < -0.3 is 14.9 Å². The summed E-state index contributed by atoms with van der Waals surface area (Å²) in [6.45, 7) is 11.9. The van der Waals surface area contributed by atoms with Crippen LogP contribution in [0.2, 0.25) is 18.1 Å². The van der Waals surface area contributed by atoms with Gasteiger partial charge in [0.25, 0.3) is 0 Å². The van der Waals surface area contributed by atoms with Gasteiger partial charge in [0.15, 0.2) is 19.8 Å². The van der Waals surface area contributed by atoms with Gasteiger partial charge in [0.2, 0.25) is 0 Å². The van der Waals surface area contributed by atoms with Gasteiger partial charge in [-0.1, -0.05) is 20.8 Å². The molecule has 0 spiro atoms.